The lowest BCUT2D eigenvalue weighted by molar-refractivity contribution is 0.00704. The first-order chi connectivity index (χ1) is 16.1. The maximum Gasteiger partial charge on any atom is 0.339 e. The van der Waals surface area contributed by atoms with E-state index in [4.69, 9.17) is 9.47 Å². The van der Waals surface area contributed by atoms with E-state index in [1.165, 1.54) is 6.07 Å². The van der Waals surface area contributed by atoms with Crippen LogP contribution >= 0.6 is 15.9 Å². The van der Waals surface area contributed by atoms with Gasteiger partial charge in [-0.1, -0.05) is 42.4 Å². The minimum atomic E-state index is -0.649. The summed E-state index contributed by atoms with van der Waals surface area (Å²) < 4.78 is 28.5. The molecule has 0 aliphatic carbocycles. The molecule has 3 aromatic rings. The second-order valence-corrected chi connectivity index (χ2v) is 9.46. The summed E-state index contributed by atoms with van der Waals surface area (Å²) in [4.78, 5) is 27.9. The highest BCUT2D eigenvalue weighted by Gasteiger charge is 2.22. The summed E-state index contributed by atoms with van der Waals surface area (Å²) in [6.45, 7) is 7.74. The van der Waals surface area contributed by atoms with Crippen LogP contribution in [0, 0.1) is 10.7 Å². The van der Waals surface area contributed by atoms with Crippen molar-refractivity contribution >= 4 is 21.9 Å². The molecule has 0 N–H and O–H groups in total. The summed E-state index contributed by atoms with van der Waals surface area (Å²) in [5.41, 5.74) is 1.70. The lowest BCUT2D eigenvalue weighted by Gasteiger charge is -2.20. The van der Waals surface area contributed by atoms with Gasteiger partial charge in [0.15, 0.2) is 0 Å². The highest BCUT2D eigenvalue weighted by molar-refractivity contribution is 9.10. The Morgan fingerprint density at radius 2 is 1.94 bits per heavy atom. The maximum absolute atomic E-state index is 15.2. The molecule has 1 heterocycles. The van der Waals surface area contributed by atoms with E-state index in [9.17, 15) is 9.70 Å². The summed E-state index contributed by atoms with van der Waals surface area (Å²) in [7, 11) is 0. The molecule has 0 aliphatic rings. The maximum atomic E-state index is 15.2. The van der Waals surface area contributed by atoms with Gasteiger partial charge in [0.1, 0.15) is 22.6 Å². The van der Waals surface area contributed by atoms with Crippen LogP contribution < -0.4 is 4.74 Å². The number of rotatable bonds is 9. The number of hydrogen-bond donors (Lipinski definition) is 0. The van der Waals surface area contributed by atoms with E-state index >= 15 is 4.39 Å². The number of benzene rings is 2. The van der Waals surface area contributed by atoms with Crippen LogP contribution in [0.1, 0.15) is 55.7 Å². The number of nitroso groups, excluding NO2 is 1. The molecular formula is C25H27BrFN3O4. The Kier molecular flexibility index (Phi) is 8.19. The Balaban J connectivity index is 1.95. The molecule has 0 saturated carbocycles. The molecule has 2 aromatic carbocycles. The second-order valence-electron chi connectivity index (χ2n) is 8.71. The van der Waals surface area contributed by atoms with Crippen molar-refractivity contribution in [3.63, 3.8) is 0 Å². The topological polar surface area (TPSA) is 82.8 Å². The Bertz CT molecular complexity index is 1190. The molecule has 0 fully saturated rings. The Morgan fingerprint density at radius 3 is 2.59 bits per heavy atom. The number of halogens is 2. The van der Waals surface area contributed by atoms with Gasteiger partial charge >= 0.3 is 5.97 Å². The van der Waals surface area contributed by atoms with Gasteiger partial charge in [-0.05, 0) is 66.4 Å². The van der Waals surface area contributed by atoms with Crippen LogP contribution in [0.15, 0.2) is 52.2 Å². The zero-order valence-electron chi connectivity index (χ0n) is 19.6. The number of imidazole rings is 1. The molecule has 0 unspecified atom stereocenters. The van der Waals surface area contributed by atoms with Crippen molar-refractivity contribution in [2.45, 2.75) is 52.8 Å². The summed E-state index contributed by atoms with van der Waals surface area (Å²) in [5.74, 6) is -0.938. The fourth-order valence-electron chi connectivity index (χ4n) is 3.37. The van der Waals surface area contributed by atoms with E-state index in [0.717, 1.165) is 6.42 Å². The molecule has 3 rings (SSSR count). The predicted octanol–water partition coefficient (Wildman–Crippen LogP) is 6.51. The standard InChI is InChI=1S/C25H27BrFN3O4/c1-5-12-33-24-29-22(26)21(14-28-32)30(24)15-17-11-10-16(13-20(17)27)18-8-6-7-9-19(18)23(31)34-25(2,3)4/h6-11,13H,5,12,14-15H2,1-4H3. The molecule has 180 valence electrons. The third kappa shape index (κ3) is 6.08. The number of aromatic nitrogens is 2. The van der Waals surface area contributed by atoms with Crippen LogP contribution in [0.25, 0.3) is 11.1 Å². The number of carbonyl (C=O) groups excluding carboxylic acids is 1. The minimum Gasteiger partial charge on any atom is -0.465 e. The fraction of sp³-hybridized carbons (Fsp3) is 0.360. The lowest BCUT2D eigenvalue weighted by Crippen LogP contribution is -2.24. The molecule has 34 heavy (non-hydrogen) atoms. The molecule has 0 bridgehead atoms. The number of nitrogens with zero attached hydrogens (tertiary/aromatic N) is 3. The first-order valence-corrected chi connectivity index (χ1v) is 11.7. The Hall–Kier alpha value is -3.07. The largest absolute Gasteiger partial charge is 0.465 e. The molecule has 7 nitrogen and oxygen atoms in total. The second kappa shape index (κ2) is 10.9. The van der Waals surface area contributed by atoms with Crippen LogP contribution in [0.2, 0.25) is 0 Å². The molecule has 1 aromatic heterocycles. The van der Waals surface area contributed by atoms with Crippen molar-refractivity contribution in [1.29, 1.82) is 0 Å². The number of esters is 1. The summed E-state index contributed by atoms with van der Waals surface area (Å²) in [6.07, 6.45) is 0.770. The van der Waals surface area contributed by atoms with E-state index in [1.54, 1.807) is 61.7 Å². The summed E-state index contributed by atoms with van der Waals surface area (Å²) in [5, 5.41) is 2.96. The third-order valence-electron chi connectivity index (χ3n) is 4.88. The normalized spacial score (nSPS) is 11.4. The molecule has 0 amide bonds. The van der Waals surface area contributed by atoms with Gasteiger partial charge in [-0.3, -0.25) is 4.57 Å². The zero-order valence-corrected chi connectivity index (χ0v) is 21.2. The highest BCUT2D eigenvalue weighted by atomic mass is 79.9. The molecule has 0 spiro atoms. The van der Waals surface area contributed by atoms with Crippen LogP contribution in [-0.4, -0.2) is 27.7 Å². The van der Waals surface area contributed by atoms with Crippen LogP contribution in [0.4, 0.5) is 4.39 Å². The van der Waals surface area contributed by atoms with Gasteiger partial charge in [0.2, 0.25) is 0 Å². The van der Waals surface area contributed by atoms with Crippen LogP contribution in [-0.2, 0) is 17.8 Å². The molecule has 0 radical (unpaired) electrons. The van der Waals surface area contributed by atoms with Gasteiger partial charge in [0, 0.05) is 5.56 Å². The zero-order chi connectivity index (χ0) is 24.9. The highest BCUT2D eigenvalue weighted by Crippen LogP contribution is 2.30. The molecular weight excluding hydrogens is 505 g/mol. The van der Waals surface area contributed by atoms with E-state index < -0.39 is 17.4 Å². The van der Waals surface area contributed by atoms with Crippen molar-refractivity contribution in [1.82, 2.24) is 9.55 Å². The minimum absolute atomic E-state index is 0.0995. The van der Waals surface area contributed by atoms with Crippen molar-refractivity contribution in [3.8, 4) is 17.1 Å². The van der Waals surface area contributed by atoms with E-state index in [2.05, 4.69) is 26.1 Å². The monoisotopic (exact) mass is 531 g/mol. The van der Waals surface area contributed by atoms with Crippen LogP contribution in [0.5, 0.6) is 6.01 Å². The average Bonchev–Trinajstić information content (AvgIpc) is 3.07. The quantitative estimate of drug-likeness (QED) is 0.232. The SMILES string of the molecule is CCCOc1nc(Br)c(CN=O)n1Cc1ccc(-c2ccccc2C(=O)OC(C)(C)C)cc1F. The fourth-order valence-corrected chi connectivity index (χ4v) is 3.86. The van der Waals surface area contributed by atoms with E-state index in [1.807, 2.05) is 6.92 Å². The Labute approximate surface area is 206 Å². The summed E-state index contributed by atoms with van der Waals surface area (Å²) >= 11 is 3.33. The number of ether oxygens (including phenoxy) is 2. The smallest absolute Gasteiger partial charge is 0.339 e. The van der Waals surface area contributed by atoms with Crippen molar-refractivity contribution < 1.29 is 18.7 Å². The van der Waals surface area contributed by atoms with Crippen LogP contribution in [0.3, 0.4) is 0 Å². The van der Waals surface area contributed by atoms with Gasteiger partial charge in [0.25, 0.3) is 6.01 Å². The molecule has 9 heteroatoms. The first kappa shape index (κ1) is 25.6. The van der Waals surface area contributed by atoms with Gasteiger partial charge in [-0.25, -0.2) is 9.18 Å². The van der Waals surface area contributed by atoms with E-state index in [-0.39, 0.29) is 19.1 Å². The molecule has 0 aliphatic heterocycles. The number of carbonyl (C=O) groups is 1. The van der Waals surface area contributed by atoms with Gasteiger partial charge in [-0.2, -0.15) is 9.89 Å². The van der Waals surface area contributed by atoms with Gasteiger partial charge in [-0.15, -0.1) is 0 Å². The van der Waals surface area contributed by atoms with Crippen molar-refractivity contribution in [3.05, 3.63) is 74.6 Å². The van der Waals surface area contributed by atoms with Gasteiger partial charge in [0.05, 0.1) is 24.4 Å². The summed E-state index contributed by atoms with van der Waals surface area (Å²) in [6, 6.07) is 12.0. The van der Waals surface area contributed by atoms with Crippen molar-refractivity contribution in [2.75, 3.05) is 6.61 Å². The molecule has 0 atom stereocenters. The predicted molar refractivity (Wildman–Crippen MR) is 131 cm³/mol. The van der Waals surface area contributed by atoms with Crippen molar-refractivity contribution in [2.24, 2.45) is 5.18 Å². The first-order valence-electron chi connectivity index (χ1n) is 10.9. The van der Waals surface area contributed by atoms with Gasteiger partial charge < -0.3 is 9.47 Å². The van der Waals surface area contributed by atoms with E-state index in [0.29, 0.717) is 39.2 Å². The third-order valence-corrected chi connectivity index (χ3v) is 5.51. The average molecular weight is 532 g/mol. The Morgan fingerprint density at radius 1 is 1.21 bits per heavy atom. The lowest BCUT2D eigenvalue weighted by atomic mass is 9.98. The molecule has 0 saturated heterocycles. The number of hydrogen-bond acceptors (Lipinski definition) is 6.